The Kier molecular flexibility index (Phi) is 8.88. The molecule has 1 aromatic carbocycles. The summed E-state index contributed by atoms with van der Waals surface area (Å²) in [7, 11) is 0. The Labute approximate surface area is 294 Å². The molecule has 0 heterocycles. The third-order valence-electron chi connectivity index (χ3n) is 15.8. The predicted molar refractivity (Wildman–Crippen MR) is 195 cm³/mol. The van der Waals surface area contributed by atoms with Crippen molar-refractivity contribution in [1.29, 1.82) is 0 Å². The zero-order valence-corrected chi connectivity index (χ0v) is 31.3. The Hall–Kier alpha value is -2.89. The van der Waals surface area contributed by atoms with E-state index in [4.69, 9.17) is 0 Å². The van der Waals surface area contributed by atoms with Crippen molar-refractivity contribution in [2.24, 2.45) is 62.6 Å². The van der Waals surface area contributed by atoms with Crippen LogP contribution >= 0.6 is 0 Å². The van der Waals surface area contributed by atoms with Crippen molar-refractivity contribution in [2.45, 2.75) is 126 Å². The molecule has 49 heavy (non-hydrogen) atoms. The molecule has 6 rings (SSSR count). The van der Waals surface area contributed by atoms with Crippen LogP contribution in [0.5, 0.6) is 0 Å². The molecule has 1 aromatic rings. The number of hydrogen-bond acceptors (Lipinski definition) is 3. The summed E-state index contributed by atoms with van der Waals surface area (Å²) < 4.78 is 0. The number of hydrogen-bond donors (Lipinski definition) is 3. The lowest BCUT2D eigenvalue weighted by Crippen LogP contribution is -2.66. The Morgan fingerprint density at radius 1 is 0.878 bits per heavy atom. The Morgan fingerprint density at radius 3 is 2.14 bits per heavy atom. The van der Waals surface area contributed by atoms with Crippen molar-refractivity contribution in [2.75, 3.05) is 0 Å². The molecule has 0 radical (unpaired) electrons. The third-order valence-corrected chi connectivity index (χ3v) is 15.8. The van der Waals surface area contributed by atoms with Crippen molar-refractivity contribution >= 4 is 23.4 Å². The number of amides is 1. The van der Waals surface area contributed by atoms with E-state index in [1.165, 1.54) is 17.6 Å². The van der Waals surface area contributed by atoms with Gasteiger partial charge in [-0.05, 0) is 152 Å². The summed E-state index contributed by atoms with van der Waals surface area (Å²) in [4.78, 5) is 38.3. The van der Waals surface area contributed by atoms with Crippen LogP contribution < -0.4 is 5.32 Å². The molecule has 0 aliphatic heterocycles. The van der Waals surface area contributed by atoms with E-state index in [-0.39, 0.29) is 45.3 Å². The van der Waals surface area contributed by atoms with E-state index < -0.39 is 23.4 Å². The highest BCUT2D eigenvalue weighted by atomic mass is 16.4. The van der Waals surface area contributed by atoms with Crippen LogP contribution in [0.15, 0.2) is 42.5 Å². The fourth-order valence-electron chi connectivity index (χ4n) is 13.4. The summed E-state index contributed by atoms with van der Waals surface area (Å²) in [6.45, 7) is 23.2. The second-order valence-corrected chi connectivity index (χ2v) is 18.8. The van der Waals surface area contributed by atoms with Gasteiger partial charge in [0, 0.05) is 0 Å². The molecule has 1 amide bonds. The molecule has 5 aliphatic rings. The van der Waals surface area contributed by atoms with Crippen LogP contribution in [0, 0.1) is 62.6 Å². The summed E-state index contributed by atoms with van der Waals surface area (Å²) in [5.74, 6) is 0.239. The lowest BCUT2D eigenvalue weighted by atomic mass is 9.32. The van der Waals surface area contributed by atoms with E-state index in [1.54, 1.807) is 12.1 Å². The largest absolute Gasteiger partial charge is 0.480 e. The van der Waals surface area contributed by atoms with E-state index in [2.05, 4.69) is 59.5 Å². The van der Waals surface area contributed by atoms with Crippen LogP contribution in [0.2, 0.25) is 0 Å². The van der Waals surface area contributed by atoms with E-state index in [0.717, 1.165) is 56.9 Å². The number of fused-ring (bicyclic) bond motifs is 7. The number of carboxylic acid groups (broad SMARTS) is 2. The Bertz CT molecular complexity index is 1560. The van der Waals surface area contributed by atoms with Gasteiger partial charge < -0.3 is 15.5 Å². The van der Waals surface area contributed by atoms with Crippen molar-refractivity contribution in [3.8, 4) is 0 Å². The smallest absolute Gasteiger partial charge is 0.335 e. The molecule has 10 atom stereocenters. The van der Waals surface area contributed by atoms with Crippen molar-refractivity contribution < 1.29 is 24.6 Å². The Morgan fingerprint density at radius 2 is 1.55 bits per heavy atom. The van der Waals surface area contributed by atoms with Gasteiger partial charge in [-0.2, -0.15) is 0 Å². The van der Waals surface area contributed by atoms with Crippen LogP contribution in [0.25, 0.3) is 5.57 Å². The normalized spacial score (nSPS) is 39.8. The molecule has 5 aliphatic carbocycles. The number of aliphatic carboxylic acids is 1. The minimum Gasteiger partial charge on any atom is -0.480 e. The molecule has 0 saturated heterocycles. The number of carbonyl (C=O) groups is 3. The Balaban J connectivity index is 1.34. The van der Waals surface area contributed by atoms with E-state index >= 15 is 0 Å². The standard InChI is InChI=1S/C43H61NO5/c1-25(2)24-32(37(47)48)44-38(49)43-21-16-29(26(3)4)35(43)31-14-15-34-40(7)19-17-30(27-10-12-28(13-11-27)36(45)46)39(5,6)33(40)18-20-42(34,9)41(31,8)22-23-43/h10-13,17,25,29,31-35H,3,14-16,18-24H2,1-2,4-9H3,(H,44,49)(H,45,46)(H,47,48). The lowest BCUT2D eigenvalue weighted by Gasteiger charge is -2.72. The molecular weight excluding hydrogens is 610 g/mol. The maximum absolute atomic E-state index is 14.5. The second kappa shape index (κ2) is 12.1. The highest BCUT2D eigenvalue weighted by molar-refractivity contribution is 5.89. The first kappa shape index (κ1) is 35.9. The summed E-state index contributed by atoms with van der Waals surface area (Å²) in [6, 6.07) is 6.60. The predicted octanol–water partition coefficient (Wildman–Crippen LogP) is 9.65. The van der Waals surface area contributed by atoms with Crippen LogP contribution in [0.3, 0.4) is 0 Å². The van der Waals surface area contributed by atoms with E-state index in [1.807, 2.05) is 26.0 Å². The molecule has 10 unspecified atom stereocenters. The van der Waals surface area contributed by atoms with Gasteiger partial charge in [-0.25, -0.2) is 9.59 Å². The molecule has 6 nitrogen and oxygen atoms in total. The summed E-state index contributed by atoms with van der Waals surface area (Å²) >= 11 is 0. The van der Waals surface area contributed by atoms with Crippen molar-refractivity contribution in [3.05, 3.63) is 53.6 Å². The van der Waals surface area contributed by atoms with Crippen molar-refractivity contribution in [1.82, 2.24) is 5.32 Å². The van der Waals surface area contributed by atoms with Gasteiger partial charge in [0.05, 0.1) is 11.0 Å². The van der Waals surface area contributed by atoms with Gasteiger partial charge in [-0.3, -0.25) is 4.79 Å². The molecule has 0 aromatic heterocycles. The average molecular weight is 672 g/mol. The van der Waals surface area contributed by atoms with Gasteiger partial charge in [0.15, 0.2) is 0 Å². The fourth-order valence-corrected chi connectivity index (χ4v) is 13.4. The van der Waals surface area contributed by atoms with Gasteiger partial charge in [-0.1, -0.05) is 78.8 Å². The maximum atomic E-state index is 14.5. The number of allylic oxidation sites excluding steroid dienone is 3. The number of aromatic carboxylic acids is 1. The summed E-state index contributed by atoms with van der Waals surface area (Å²) in [5.41, 5.74) is 3.71. The quantitative estimate of drug-likeness (QED) is 0.239. The minimum atomic E-state index is -0.937. The fraction of sp³-hybridized carbons (Fsp3) is 0.698. The number of carboxylic acids is 2. The first-order valence-electron chi connectivity index (χ1n) is 19.1. The summed E-state index contributed by atoms with van der Waals surface area (Å²) in [6.07, 6.45) is 12.1. The first-order valence-corrected chi connectivity index (χ1v) is 19.1. The molecule has 4 saturated carbocycles. The van der Waals surface area contributed by atoms with Crippen LogP contribution in [-0.4, -0.2) is 34.1 Å². The van der Waals surface area contributed by atoms with Gasteiger partial charge in [0.1, 0.15) is 6.04 Å². The van der Waals surface area contributed by atoms with Crippen LogP contribution in [-0.2, 0) is 9.59 Å². The van der Waals surface area contributed by atoms with Gasteiger partial charge in [0.25, 0.3) is 0 Å². The molecular formula is C43H61NO5. The topological polar surface area (TPSA) is 104 Å². The molecule has 268 valence electrons. The number of nitrogens with one attached hydrogen (secondary N) is 1. The maximum Gasteiger partial charge on any atom is 0.335 e. The number of rotatable bonds is 8. The molecule has 0 bridgehead atoms. The van der Waals surface area contributed by atoms with Gasteiger partial charge in [-0.15, -0.1) is 0 Å². The zero-order chi connectivity index (χ0) is 35.9. The third kappa shape index (κ3) is 5.27. The zero-order valence-electron chi connectivity index (χ0n) is 31.3. The average Bonchev–Trinajstić information content (AvgIpc) is 3.42. The molecule has 4 fully saturated rings. The van der Waals surface area contributed by atoms with Gasteiger partial charge in [0.2, 0.25) is 5.91 Å². The van der Waals surface area contributed by atoms with Crippen LogP contribution in [0.4, 0.5) is 0 Å². The SMILES string of the molecule is C=C(C)C1CCC2(C(=O)NC(CC(C)C)C(=O)O)CCC3(C)C(CCC4C5(C)CC=C(c6ccc(C(=O)O)cc6)C(C)(C)C5CCC43C)C12. The highest BCUT2D eigenvalue weighted by Gasteiger charge is 2.71. The monoisotopic (exact) mass is 671 g/mol. The second-order valence-electron chi connectivity index (χ2n) is 18.8. The molecule has 0 spiro atoms. The lowest BCUT2D eigenvalue weighted by molar-refractivity contribution is -0.225. The van der Waals surface area contributed by atoms with E-state index in [9.17, 15) is 24.6 Å². The summed E-state index contributed by atoms with van der Waals surface area (Å²) in [5, 5.41) is 22.6. The van der Waals surface area contributed by atoms with Crippen molar-refractivity contribution in [3.63, 3.8) is 0 Å². The van der Waals surface area contributed by atoms with Gasteiger partial charge >= 0.3 is 11.9 Å². The van der Waals surface area contributed by atoms with E-state index in [0.29, 0.717) is 29.7 Å². The first-order chi connectivity index (χ1) is 22.8. The number of carbonyl (C=O) groups excluding carboxylic acids is 1. The molecule has 6 heteroatoms. The number of benzene rings is 1. The molecule has 3 N–H and O–H groups in total. The van der Waals surface area contributed by atoms with Crippen LogP contribution in [0.1, 0.15) is 136 Å². The highest BCUT2D eigenvalue weighted by Crippen LogP contribution is 2.77. The minimum absolute atomic E-state index is 0.0256.